The zero-order valence-electron chi connectivity index (χ0n) is 20.4. The normalized spacial score (nSPS) is 11.0. The molecule has 0 unspecified atom stereocenters. The molecule has 0 saturated heterocycles. The van der Waals surface area contributed by atoms with Gasteiger partial charge in [-0.15, -0.1) is 0 Å². The van der Waals surface area contributed by atoms with Gasteiger partial charge in [-0.1, -0.05) is 48.1 Å². The van der Waals surface area contributed by atoms with Gasteiger partial charge in [0.2, 0.25) is 0 Å². The van der Waals surface area contributed by atoms with Gasteiger partial charge in [0, 0.05) is 23.9 Å². The molecule has 9 nitrogen and oxygen atoms in total. The number of ether oxygens (including phenoxy) is 2. The number of benzene rings is 3. The second-order valence-electron chi connectivity index (χ2n) is 8.32. The summed E-state index contributed by atoms with van der Waals surface area (Å²) in [5.41, 5.74) is 3.20. The molecule has 0 atom stereocenters. The first-order valence-electron chi connectivity index (χ1n) is 11.7. The van der Waals surface area contributed by atoms with E-state index in [1.165, 1.54) is 24.6 Å². The van der Waals surface area contributed by atoms with Gasteiger partial charge in [0.25, 0.3) is 0 Å². The number of anilines is 1. The molecule has 0 aliphatic rings. The molecule has 0 fully saturated rings. The number of hydrogen-bond acceptors (Lipinski definition) is 6. The largest absolute Gasteiger partial charge is 0.495 e. The minimum atomic E-state index is -1.03. The molecule has 5 aromatic rings. The molecule has 0 aliphatic heterocycles. The average molecular weight is 551 g/mol. The number of aryl methyl sites for hydroxylation is 1. The average Bonchev–Trinajstić information content (AvgIpc) is 3.47. The highest BCUT2D eigenvalue weighted by molar-refractivity contribution is 7.23. The summed E-state index contributed by atoms with van der Waals surface area (Å²) in [6.07, 6.45) is 2.05. The monoisotopic (exact) mass is 550 g/mol. The first-order chi connectivity index (χ1) is 18.4. The van der Waals surface area contributed by atoms with Crippen LogP contribution in [0.3, 0.4) is 0 Å². The van der Waals surface area contributed by atoms with Crippen LogP contribution >= 0.6 is 22.9 Å². The molecule has 5 rings (SSSR count). The van der Waals surface area contributed by atoms with E-state index < -0.39 is 12.0 Å². The molecule has 0 aliphatic carbocycles. The summed E-state index contributed by atoms with van der Waals surface area (Å²) in [5.74, 6) is 0.696. The highest BCUT2D eigenvalue weighted by Gasteiger charge is 2.19. The van der Waals surface area contributed by atoms with Crippen LogP contribution in [0.5, 0.6) is 17.2 Å². The van der Waals surface area contributed by atoms with Crippen molar-refractivity contribution in [3.05, 3.63) is 82.6 Å². The topological polar surface area (TPSA) is 114 Å². The molecule has 3 N–H and O–H groups in total. The van der Waals surface area contributed by atoms with Crippen molar-refractivity contribution in [1.29, 1.82) is 0 Å². The van der Waals surface area contributed by atoms with Crippen LogP contribution in [0.4, 0.5) is 10.5 Å². The second-order valence-corrected chi connectivity index (χ2v) is 9.73. The van der Waals surface area contributed by atoms with E-state index in [0.29, 0.717) is 39.3 Å². The van der Waals surface area contributed by atoms with Crippen LogP contribution in [0.2, 0.25) is 5.02 Å². The van der Waals surface area contributed by atoms with Gasteiger partial charge in [0.1, 0.15) is 17.2 Å². The maximum Gasteiger partial charge on any atom is 0.354 e. The van der Waals surface area contributed by atoms with Crippen LogP contribution in [-0.2, 0) is 13.0 Å². The van der Waals surface area contributed by atoms with Crippen LogP contribution in [-0.4, -0.2) is 33.6 Å². The number of urea groups is 1. The molecule has 2 aromatic heterocycles. The van der Waals surface area contributed by atoms with E-state index in [-0.39, 0.29) is 12.2 Å². The number of carbonyl (C=O) groups is 2. The number of hydrogen-bond donors (Lipinski definition) is 3. The lowest BCUT2D eigenvalue weighted by molar-refractivity contribution is 0.0690. The minimum Gasteiger partial charge on any atom is -0.495 e. The molecular formula is C27H23ClN4O5S. The van der Waals surface area contributed by atoms with Crippen LogP contribution in [0.25, 0.3) is 15.2 Å². The summed E-state index contributed by atoms with van der Waals surface area (Å²) in [4.78, 5) is 29.1. The highest BCUT2D eigenvalue weighted by Crippen LogP contribution is 2.36. The van der Waals surface area contributed by atoms with E-state index in [1.54, 1.807) is 22.6 Å². The van der Waals surface area contributed by atoms with Gasteiger partial charge in [-0.25, -0.2) is 14.6 Å². The van der Waals surface area contributed by atoms with E-state index in [2.05, 4.69) is 15.6 Å². The lowest BCUT2D eigenvalue weighted by Crippen LogP contribution is -2.28. The first-order valence-corrected chi connectivity index (χ1v) is 12.9. The maximum atomic E-state index is 12.5. The van der Waals surface area contributed by atoms with Crippen LogP contribution in [0.15, 0.2) is 60.8 Å². The molecule has 194 valence electrons. The van der Waals surface area contributed by atoms with Gasteiger partial charge in [-0.05, 0) is 42.3 Å². The number of methoxy groups -OCH3 is 1. The van der Waals surface area contributed by atoms with Crippen LogP contribution in [0, 0.1) is 0 Å². The number of para-hydroxylation sites is 1. The third-order valence-corrected chi connectivity index (χ3v) is 7.23. The van der Waals surface area contributed by atoms with E-state index in [1.807, 2.05) is 43.3 Å². The van der Waals surface area contributed by atoms with Crippen LogP contribution < -0.4 is 20.1 Å². The number of rotatable bonds is 8. The third-order valence-electron chi connectivity index (χ3n) is 5.93. The number of fused-ring (bicyclic) bond motifs is 3. The molecule has 2 heterocycles. The Morgan fingerprint density at radius 2 is 1.92 bits per heavy atom. The number of nitrogens with one attached hydrogen (secondary N) is 2. The second kappa shape index (κ2) is 10.6. The van der Waals surface area contributed by atoms with Gasteiger partial charge in [-0.2, -0.15) is 0 Å². The van der Waals surface area contributed by atoms with Crippen LogP contribution in [0.1, 0.15) is 28.5 Å². The SMILES string of the molecule is CCc1cc(Oc2ccccc2CNC(=O)Nc2ccc(OC)c(Cl)c2)cc2sc3ncc(C(=O)O)n3c12. The third kappa shape index (κ3) is 4.96. The van der Waals surface area contributed by atoms with Crippen molar-refractivity contribution in [1.82, 2.24) is 14.7 Å². The fourth-order valence-corrected chi connectivity index (χ4v) is 5.48. The highest BCUT2D eigenvalue weighted by atomic mass is 35.5. The Bertz CT molecular complexity index is 1680. The fraction of sp³-hybridized carbons (Fsp3) is 0.148. The number of carboxylic acid groups (broad SMARTS) is 1. The van der Waals surface area contributed by atoms with Gasteiger partial charge < -0.3 is 25.2 Å². The fourth-order valence-electron chi connectivity index (χ4n) is 4.14. The summed E-state index contributed by atoms with van der Waals surface area (Å²) < 4.78 is 13.9. The molecule has 0 spiro atoms. The van der Waals surface area contributed by atoms with Gasteiger partial charge in [0.05, 0.1) is 28.5 Å². The number of carboxylic acids is 1. The van der Waals surface area contributed by atoms with E-state index in [9.17, 15) is 14.7 Å². The molecule has 2 amide bonds. The predicted molar refractivity (Wildman–Crippen MR) is 147 cm³/mol. The standard InChI is InChI=1S/C27H23ClN4O5S/c1-3-15-10-18(12-23-24(15)32-20(25(33)34)14-30-27(32)38-23)37-21-7-5-4-6-16(21)13-29-26(35)31-17-8-9-22(36-2)19(28)11-17/h4-12,14H,3,13H2,1-2H3,(H,33,34)(H2,29,31,35). The molecule has 0 saturated carbocycles. The maximum absolute atomic E-state index is 12.5. The Hall–Kier alpha value is -4.28. The summed E-state index contributed by atoms with van der Waals surface area (Å²) in [6, 6.07) is 15.8. The first kappa shape index (κ1) is 25.4. The summed E-state index contributed by atoms with van der Waals surface area (Å²) in [6.45, 7) is 2.23. The smallest absolute Gasteiger partial charge is 0.354 e. The number of thiazole rings is 1. The number of amides is 2. The number of nitrogens with zero attached hydrogens (tertiary/aromatic N) is 2. The van der Waals surface area contributed by atoms with Crippen molar-refractivity contribution in [3.8, 4) is 17.2 Å². The molecule has 0 bridgehead atoms. The Kier molecular flexibility index (Phi) is 7.08. The molecule has 38 heavy (non-hydrogen) atoms. The Balaban J connectivity index is 1.35. The van der Waals surface area contributed by atoms with Gasteiger partial charge in [-0.3, -0.25) is 4.40 Å². The summed E-state index contributed by atoms with van der Waals surface area (Å²) in [7, 11) is 1.52. The zero-order chi connectivity index (χ0) is 26.8. The van der Waals surface area contributed by atoms with Crippen molar-refractivity contribution in [2.75, 3.05) is 12.4 Å². The number of aromatic carboxylic acids is 1. The molecular weight excluding hydrogens is 528 g/mol. The van der Waals surface area contributed by atoms with Crippen molar-refractivity contribution in [3.63, 3.8) is 0 Å². The summed E-state index contributed by atoms with van der Waals surface area (Å²) >= 11 is 7.54. The lowest BCUT2D eigenvalue weighted by atomic mass is 10.1. The number of carbonyl (C=O) groups excluding carboxylic acids is 1. The van der Waals surface area contributed by atoms with Crippen molar-refractivity contribution in [2.24, 2.45) is 0 Å². The number of halogens is 1. The molecule has 0 radical (unpaired) electrons. The Morgan fingerprint density at radius 1 is 1.11 bits per heavy atom. The Labute approximate surface area is 226 Å². The Morgan fingerprint density at radius 3 is 2.66 bits per heavy atom. The van der Waals surface area contributed by atoms with Gasteiger partial charge >= 0.3 is 12.0 Å². The van der Waals surface area contributed by atoms with Crippen molar-refractivity contribution in [2.45, 2.75) is 19.9 Å². The van der Waals surface area contributed by atoms with Crippen molar-refractivity contribution >= 4 is 55.8 Å². The van der Waals surface area contributed by atoms with E-state index in [0.717, 1.165) is 21.3 Å². The van der Waals surface area contributed by atoms with Crippen molar-refractivity contribution < 1.29 is 24.2 Å². The lowest BCUT2D eigenvalue weighted by Gasteiger charge is -2.14. The number of imidazole rings is 1. The number of aromatic nitrogens is 2. The van der Waals surface area contributed by atoms with Gasteiger partial charge in [0.15, 0.2) is 10.7 Å². The quantitative estimate of drug-likeness (QED) is 0.201. The van der Waals surface area contributed by atoms with E-state index in [4.69, 9.17) is 21.1 Å². The van der Waals surface area contributed by atoms with E-state index >= 15 is 0 Å². The minimum absolute atomic E-state index is 0.126. The molecule has 3 aromatic carbocycles. The predicted octanol–water partition coefficient (Wildman–Crippen LogP) is 6.59. The molecule has 11 heteroatoms. The zero-order valence-corrected chi connectivity index (χ0v) is 22.0. The summed E-state index contributed by atoms with van der Waals surface area (Å²) in [5, 5.41) is 15.6.